The Balaban J connectivity index is 1.74. The molecule has 0 amide bonds. The second-order valence-electron chi connectivity index (χ2n) is 4.74. The van der Waals surface area contributed by atoms with Crippen LogP contribution in [0.25, 0.3) is 0 Å². The van der Waals surface area contributed by atoms with Gasteiger partial charge in [-0.25, -0.2) is 4.98 Å². The standard InChI is InChI=1S/C12H17N3O/c13-11-1-2-12(14-5-11)15-4-3-9-7-16-8-10(9)6-15/h1-2,5,9-10H,3-4,6-8,13H2. The zero-order valence-electron chi connectivity index (χ0n) is 9.30. The van der Waals surface area contributed by atoms with Crippen molar-refractivity contribution in [2.75, 3.05) is 36.9 Å². The quantitative estimate of drug-likeness (QED) is 0.769. The Bertz CT molecular complexity index is 365. The molecule has 3 heterocycles. The van der Waals surface area contributed by atoms with E-state index in [9.17, 15) is 0 Å². The molecule has 2 unspecified atom stereocenters. The van der Waals surface area contributed by atoms with Crippen molar-refractivity contribution in [2.24, 2.45) is 11.8 Å². The van der Waals surface area contributed by atoms with Crippen molar-refractivity contribution in [3.63, 3.8) is 0 Å². The summed E-state index contributed by atoms with van der Waals surface area (Å²) in [4.78, 5) is 6.72. The number of ether oxygens (including phenoxy) is 1. The number of pyridine rings is 1. The molecule has 1 aromatic rings. The van der Waals surface area contributed by atoms with Crippen LogP contribution >= 0.6 is 0 Å². The molecule has 3 rings (SSSR count). The molecule has 0 spiro atoms. The number of hydrogen-bond acceptors (Lipinski definition) is 4. The van der Waals surface area contributed by atoms with Crippen molar-refractivity contribution >= 4 is 11.5 Å². The molecular formula is C12H17N3O. The molecule has 2 aliphatic rings. The second kappa shape index (κ2) is 3.94. The predicted octanol–water partition coefficient (Wildman–Crippen LogP) is 1.14. The van der Waals surface area contributed by atoms with Gasteiger partial charge in [0.1, 0.15) is 5.82 Å². The molecule has 16 heavy (non-hydrogen) atoms. The van der Waals surface area contributed by atoms with Crippen LogP contribution in [0.1, 0.15) is 6.42 Å². The Morgan fingerprint density at radius 2 is 2.19 bits per heavy atom. The van der Waals surface area contributed by atoms with Crippen LogP contribution in [-0.4, -0.2) is 31.3 Å². The molecule has 2 saturated heterocycles. The number of nitrogen functional groups attached to an aromatic ring is 1. The average molecular weight is 219 g/mol. The summed E-state index contributed by atoms with van der Waals surface area (Å²) in [6.07, 6.45) is 2.95. The maximum atomic E-state index is 5.64. The van der Waals surface area contributed by atoms with Gasteiger partial charge in [0.15, 0.2) is 0 Å². The summed E-state index contributed by atoms with van der Waals surface area (Å²) in [6.45, 7) is 4.02. The number of nitrogens with zero attached hydrogens (tertiary/aromatic N) is 2. The van der Waals surface area contributed by atoms with Crippen molar-refractivity contribution in [3.8, 4) is 0 Å². The summed E-state index contributed by atoms with van der Waals surface area (Å²) >= 11 is 0. The lowest BCUT2D eigenvalue weighted by Crippen LogP contribution is -2.40. The summed E-state index contributed by atoms with van der Waals surface area (Å²) < 4.78 is 5.53. The first-order valence-corrected chi connectivity index (χ1v) is 5.87. The van der Waals surface area contributed by atoms with Crippen LogP contribution in [-0.2, 0) is 4.74 Å². The predicted molar refractivity (Wildman–Crippen MR) is 63.3 cm³/mol. The van der Waals surface area contributed by atoms with Gasteiger partial charge in [0.2, 0.25) is 0 Å². The van der Waals surface area contributed by atoms with E-state index in [1.165, 1.54) is 6.42 Å². The lowest BCUT2D eigenvalue weighted by Gasteiger charge is -2.34. The molecule has 1 aromatic heterocycles. The summed E-state index contributed by atoms with van der Waals surface area (Å²) in [6, 6.07) is 3.92. The topological polar surface area (TPSA) is 51.4 Å². The van der Waals surface area contributed by atoms with Crippen LogP contribution in [0, 0.1) is 11.8 Å². The van der Waals surface area contributed by atoms with Crippen LogP contribution < -0.4 is 10.6 Å². The summed E-state index contributed by atoms with van der Waals surface area (Å²) in [5.41, 5.74) is 6.37. The Labute approximate surface area is 95.4 Å². The summed E-state index contributed by atoms with van der Waals surface area (Å²) in [7, 11) is 0. The minimum Gasteiger partial charge on any atom is -0.397 e. The van der Waals surface area contributed by atoms with Gasteiger partial charge in [-0.1, -0.05) is 0 Å². The Morgan fingerprint density at radius 1 is 1.31 bits per heavy atom. The SMILES string of the molecule is Nc1ccc(N2CCC3COCC3C2)nc1. The zero-order chi connectivity index (χ0) is 11.0. The highest BCUT2D eigenvalue weighted by molar-refractivity contribution is 5.46. The van der Waals surface area contributed by atoms with E-state index in [1.54, 1.807) is 6.20 Å². The van der Waals surface area contributed by atoms with Gasteiger partial charge in [-0.2, -0.15) is 0 Å². The van der Waals surface area contributed by atoms with E-state index >= 15 is 0 Å². The van der Waals surface area contributed by atoms with Crippen LogP contribution in [0.2, 0.25) is 0 Å². The molecule has 4 nitrogen and oxygen atoms in total. The Morgan fingerprint density at radius 3 is 3.00 bits per heavy atom. The van der Waals surface area contributed by atoms with Gasteiger partial charge in [-0.05, 0) is 24.5 Å². The maximum absolute atomic E-state index is 5.64. The molecule has 4 heteroatoms. The van der Waals surface area contributed by atoms with Gasteiger partial charge in [-0.3, -0.25) is 0 Å². The minimum absolute atomic E-state index is 0.688. The van der Waals surface area contributed by atoms with Gasteiger partial charge < -0.3 is 15.4 Å². The molecule has 2 N–H and O–H groups in total. The molecule has 86 valence electrons. The number of anilines is 2. The summed E-state index contributed by atoms with van der Waals surface area (Å²) in [5, 5.41) is 0. The fraction of sp³-hybridized carbons (Fsp3) is 0.583. The van der Waals surface area contributed by atoms with E-state index in [2.05, 4.69) is 9.88 Å². The number of nitrogens with two attached hydrogens (primary N) is 1. The monoisotopic (exact) mass is 219 g/mol. The average Bonchev–Trinajstić information content (AvgIpc) is 2.77. The lowest BCUT2D eigenvalue weighted by atomic mass is 9.89. The van der Waals surface area contributed by atoms with E-state index in [1.807, 2.05) is 12.1 Å². The number of rotatable bonds is 1. The molecule has 2 aliphatic heterocycles. The third kappa shape index (κ3) is 1.73. The molecule has 0 aliphatic carbocycles. The third-order valence-corrected chi connectivity index (χ3v) is 3.65. The first-order chi connectivity index (χ1) is 7.83. The largest absolute Gasteiger partial charge is 0.397 e. The highest BCUT2D eigenvalue weighted by Crippen LogP contribution is 2.31. The van der Waals surface area contributed by atoms with Crippen LogP contribution in [0.3, 0.4) is 0 Å². The van der Waals surface area contributed by atoms with Crippen molar-refractivity contribution < 1.29 is 4.74 Å². The summed E-state index contributed by atoms with van der Waals surface area (Å²) in [5.74, 6) is 2.50. The van der Waals surface area contributed by atoms with Crippen LogP contribution in [0.4, 0.5) is 11.5 Å². The number of aromatic nitrogens is 1. The molecule has 0 saturated carbocycles. The molecule has 2 atom stereocenters. The first-order valence-electron chi connectivity index (χ1n) is 5.87. The van der Waals surface area contributed by atoms with Crippen molar-refractivity contribution in [1.82, 2.24) is 4.98 Å². The fourth-order valence-electron chi connectivity index (χ4n) is 2.65. The molecule has 0 bridgehead atoms. The highest BCUT2D eigenvalue weighted by atomic mass is 16.5. The van der Waals surface area contributed by atoms with Crippen LogP contribution in [0.5, 0.6) is 0 Å². The van der Waals surface area contributed by atoms with E-state index in [4.69, 9.17) is 10.5 Å². The van der Waals surface area contributed by atoms with Gasteiger partial charge in [0.25, 0.3) is 0 Å². The minimum atomic E-state index is 0.688. The van der Waals surface area contributed by atoms with Crippen LogP contribution in [0.15, 0.2) is 18.3 Å². The number of fused-ring (bicyclic) bond motifs is 1. The van der Waals surface area contributed by atoms with Gasteiger partial charge in [-0.15, -0.1) is 0 Å². The van der Waals surface area contributed by atoms with Crippen molar-refractivity contribution in [3.05, 3.63) is 18.3 Å². The second-order valence-corrected chi connectivity index (χ2v) is 4.74. The smallest absolute Gasteiger partial charge is 0.128 e. The van der Waals surface area contributed by atoms with Gasteiger partial charge in [0, 0.05) is 25.6 Å². The highest BCUT2D eigenvalue weighted by Gasteiger charge is 2.34. The normalized spacial score (nSPS) is 29.1. The molecule has 0 radical (unpaired) electrons. The fourth-order valence-corrected chi connectivity index (χ4v) is 2.65. The maximum Gasteiger partial charge on any atom is 0.128 e. The molecule has 0 aromatic carbocycles. The Kier molecular flexibility index (Phi) is 2.44. The van der Waals surface area contributed by atoms with E-state index in [0.29, 0.717) is 5.92 Å². The van der Waals surface area contributed by atoms with E-state index < -0.39 is 0 Å². The van der Waals surface area contributed by atoms with E-state index in [-0.39, 0.29) is 0 Å². The Hall–Kier alpha value is -1.29. The number of hydrogen-bond donors (Lipinski definition) is 1. The van der Waals surface area contributed by atoms with Crippen molar-refractivity contribution in [2.45, 2.75) is 6.42 Å². The van der Waals surface area contributed by atoms with E-state index in [0.717, 1.165) is 43.7 Å². The number of piperidine rings is 1. The lowest BCUT2D eigenvalue weighted by molar-refractivity contribution is 0.182. The third-order valence-electron chi connectivity index (χ3n) is 3.65. The van der Waals surface area contributed by atoms with Gasteiger partial charge in [0.05, 0.1) is 18.5 Å². The van der Waals surface area contributed by atoms with Gasteiger partial charge >= 0.3 is 0 Å². The first kappa shape index (κ1) is 9.90. The molecule has 2 fully saturated rings. The molecular weight excluding hydrogens is 202 g/mol. The van der Waals surface area contributed by atoms with Crippen molar-refractivity contribution in [1.29, 1.82) is 0 Å². The zero-order valence-corrected chi connectivity index (χ0v) is 9.30.